The third kappa shape index (κ3) is 2.90. The van der Waals surface area contributed by atoms with Gasteiger partial charge in [-0.25, -0.2) is 9.97 Å². The van der Waals surface area contributed by atoms with Gasteiger partial charge in [-0.3, -0.25) is 4.40 Å². The van der Waals surface area contributed by atoms with E-state index in [4.69, 9.17) is 9.97 Å². The van der Waals surface area contributed by atoms with Crippen LogP contribution in [0.1, 0.15) is 0 Å². The molecule has 5 aromatic heterocycles. The summed E-state index contributed by atoms with van der Waals surface area (Å²) in [6, 6.07) is 48.4. The van der Waals surface area contributed by atoms with Crippen molar-refractivity contribution in [2.24, 2.45) is 0 Å². The molecular formula is C42H22N4S. The molecule has 0 amide bonds. The van der Waals surface area contributed by atoms with Crippen LogP contribution in [0.15, 0.2) is 133 Å². The van der Waals surface area contributed by atoms with E-state index in [1.807, 2.05) is 35.6 Å². The van der Waals surface area contributed by atoms with E-state index in [0.29, 0.717) is 0 Å². The van der Waals surface area contributed by atoms with E-state index >= 15 is 0 Å². The summed E-state index contributed by atoms with van der Waals surface area (Å²) in [5.41, 5.74) is 9.69. The summed E-state index contributed by atoms with van der Waals surface area (Å²) in [6.45, 7) is 0. The number of hydrogen-bond acceptors (Lipinski definition) is 3. The van der Waals surface area contributed by atoms with Crippen molar-refractivity contribution in [1.29, 1.82) is 0 Å². The minimum atomic E-state index is 0.910. The van der Waals surface area contributed by atoms with Gasteiger partial charge in [0.1, 0.15) is 5.52 Å². The molecular weight excluding hydrogens is 593 g/mol. The molecule has 0 bridgehead atoms. The quantitative estimate of drug-likeness (QED) is 0.184. The zero-order chi connectivity index (χ0) is 30.4. The Labute approximate surface area is 270 Å². The van der Waals surface area contributed by atoms with E-state index in [2.05, 4.69) is 118 Å². The van der Waals surface area contributed by atoms with Crippen molar-refractivity contribution in [3.05, 3.63) is 133 Å². The standard InChI is InChI=1S/C42H22N4S/c1-2-11-25-24(10-1)36-27-12-3-7-18-33(27)45(40(36)41-37(25)28-13-4-8-19-35(28)47-41)23-20-21-34-30(22-23)26-14-9-15-29-38-42(46(34)39(26)29)44-32-17-6-5-16-31(32)43-38/h1-22H. The number of hydrogen-bond donors (Lipinski definition) is 0. The molecule has 12 rings (SSSR count). The smallest absolute Gasteiger partial charge is 0.165 e. The fourth-order valence-corrected chi connectivity index (χ4v) is 9.59. The van der Waals surface area contributed by atoms with Crippen molar-refractivity contribution in [2.75, 3.05) is 0 Å². The van der Waals surface area contributed by atoms with E-state index < -0.39 is 0 Å². The lowest BCUT2D eigenvalue weighted by Crippen LogP contribution is -1.94. The van der Waals surface area contributed by atoms with Crippen LogP contribution in [0.5, 0.6) is 0 Å². The van der Waals surface area contributed by atoms with Crippen LogP contribution in [0.25, 0.3) is 108 Å². The second-order valence-electron chi connectivity index (χ2n) is 12.5. The summed E-state index contributed by atoms with van der Waals surface area (Å²) in [6.07, 6.45) is 0. The first-order chi connectivity index (χ1) is 23.3. The van der Waals surface area contributed by atoms with Crippen LogP contribution in [0, 0.1) is 0 Å². The monoisotopic (exact) mass is 614 g/mol. The van der Waals surface area contributed by atoms with Gasteiger partial charge in [-0.2, -0.15) is 0 Å². The van der Waals surface area contributed by atoms with Crippen molar-refractivity contribution in [3.63, 3.8) is 0 Å². The summed E-state index contributed by atoms with van der Waals surface area (Å²) in [5.74, 6) is 0. The molecule has 47 heavy (non-hydrogen) atoms. The molecule has 0 N–H and O–H groups in total. The predicted molar refractivity (Wildman–Crippen MR) is 199 cm³/mol. The third-order valence-corrected chi connectivity index (χ3v) is 11.4. The van der Waals surface area contributed by atoms with Gasteiger partial charge < -0.3 is 4.57 Å². The van der Waals surface area contributed by atoms with E-state index in [-0.39, 0.29) is 0 Å². The molecule has 5 heteroatoms. The number of nitrogens with zero attached hydrogens (tertiary/aromatic N) is 4. The summed E-state index contributed by atoms with van der Waals surface area (Å²) in [5, 5.41) is 11.5. The van der Waals surface area contributed by atoms with Gasteiger partial charge in [-0.15, -0.1) is 11.3 Å². The van der Waals surface area contributed by atoms with Crippen LogP contribution in [0.4, 0.5) is 0 Å². The van der Waals surface area contributed by atoms with Gasteiger partial charge in [0.2, 0.25) is 0 Å². The average molecular weight is 615 g/mol. The van der Waals surface area contributed by atoms with Crippen molar-refractivity contribution in [3.8, 4) is 5.69 Å². The predicted octanol–water partition coefficient (Wildman–Crippen LogP) is 11.4. The van der Waals surface area contributed by atoms with E-state index in [1.54, 1.807) is 0 Å². The summed E-state index contributed by atoms with van der Waals surface area (Å²) >= 11 is 1.90. The Bertz CT molecular complexity index is 3310. The molecule has 0 aliphatic rings. The highest BCUT2D eigenvalue weighted by Crippen LogP contribution is 2.48. The lowest BCUT2D eigenvalue weighted by atomic mass is 9.99. The number of benzene rings is 7. The first-order valence-electron chi connectivity index (χ1n) is 15.9. The highest BCUT2D eigenvalue weighted by molar-refractivity contribution is 7.27. The fraction of sp³-hybridized carbons (Fsp3) is 0. The lowest BCUT2D eigenvalue weighted by molar-refractivity contribution is 1.19. The van der Waals surface area contributed by atoms with Gasteiger partial charge in [0.15, 0.2) is 5.65 Å². The maximum atomic E-state index is 5.15. The number of rotatable bonds is 1. The molecule has 0 spiro atoms. The molecule has 0 unspecified atom stereocenters. The molecule has 0 saturated heterocycles. The average Bonchev–Trinajstić information content (AvgIpc) is 3.86. The topological polar surface area (TPSA) is 35.1 Å². The van der Waals surface area contributed by atoms with Gasteiger partial charge in [0.05, 0.1) is 37.8 Å². The molecule has 0 radical (unpaired) electrons. The van der Waals surface area contributed by atoms with Gasteiger partial charge in [-0.1, -0.05) is 91.0 Å². The van der Waals surface area contributed by atoms with Gasteiger partial charge >= 0.3 is 0 Å². The highest BCUT2D eigenvalue weighted by atomic mass is 32.1. The molecule has 0 saturated carbocycles. The molecule has 5 heterocycles. The maximum absolute atomic E-state index is 5.15. The minimum Gasteiger partial charge on any atom is -0.308 e. The first kappa shape index (κ1) is 24.2. The Morgan fingerprint density at radius 3 is 2.02 bits per heavy atom. The van der Waals surface area contributed by atoms with Gasteiger partial charge in [-0.05, 0) is 53.2 Å². The van der Waals surface area contributed by atoms with Crippen LogP contribution in [0.3, 0.4) is 0 Å². The zero-order valence-electron chi connectivity index (χ0n) is 24.9. The number of para-hydroxylation sites is 4. The molecule has 12 aromatic rings. The summed E-state index contributed by atoms with van der Waals surface area (Å²) < 4.78 is 7.48. The first-order valence-corrected chi connectivity index (χ1v) is 16.8. The van der Waals surface area contributed by atoms with Crippen molar-refractivity contribution < 1.29 is 0 Å². The van der Waals surface area contributed by atoms with E-state index in [1.165, 1.54) is 69.0 Å². The molecule has 0 fully saturated rings. The van der Waals surface area contributed by atoms with Gasteiger partial charge in [0.25, 0.3) is 0 Å². The highest BCUT2D eigenvalue weighted by Gasteiger charge is 2.23. The van der Waals surface area contributed by atoms with Gasteiger partial charge in [0, 0.05) is 48.1 Å². The fourth-order valence-electron chi connectivity index (χ4n) is 8.33. The van der Waals surface area contributed by atoms with Crippen molar-refractivity contribution >= 4 is 113 Å². The van der Waals surface area contributed by atoms with E-state index in [0.717, 1.165) is 38.8 Å². The number of aromatic nitrogens is 4. The Kier molecular flexibility index (Phi) is 4.33. The van der Waals surface area contributed by atoms with Crippen molar-refractivity contribution in [2.45, 2.75) is 0 Å². The number of thiophene rings is 1. The second-order valence-corrected chi connectivity index (χ2v) is 13.6. The Hall–Kier alpha value is -6.04. The minimum absolute atomic E-state index is 0.910. The molecule has 0 aliphatic heterocycles. The Balaban J connectivity index is 1.26. The normalized spacial score (nSPS) is 12.7. The van der Waals surface area contributed by atoms with E-state index in [9.17, 15) is 0 Å². The Morgan fingerprint density at radius 1 is 0.468 bits per heavy atom. The van der Waals surface area contributed by atoms with Crippen LogP contribution in [0.2, 0.25) is 0 Å². The summed E-state index contributed by atoms with van der Waals surface area (Å²) in [7, 11) is 0. The zero-order valence-corrected chi connectivity index (χ0v) is 25.7. The maximum Gasteiger partial charge on any atom is 0.165 e. The molecule has 4 nitrogen and oxygen atoms in total. The molecule has 0 atom stereocenters. The van der Waals surface area contributed by atoms with Crippen LogP contribution in [-0.4, -0.2) is 18.9 Å². The SMILES string of the molecule is c1ccc2nc3c(nc2c1)c1cccc2c4cc(-n5c6ccccc6c6c7ccccc7c7c8ccccc8sc7c65)ccc4n3c21. The summed E-state index contributed by atoms with van der Waals surface area (Å²) in [4.78, 5) is 10.2. The molecule has 216 valence electrons. The largest absolute Gasteiger partial charge is 0.308 e. The molecule has 7 aromatic carbocycles. The second kappa shape index (κ2) is 8.40. The lowest BCUT2D eigenvalue weighted by Gasteiger charge is -2.11. The molecule has 0 aliphatic carbocycles. The third-order valence-electron chi connectivity index (χ3n) is 10.2. The number of fused-ring (bicyclic) bond motifs is 17. The van der Waals surface area contributed by atoms with Crippen LogP contribution >= 0.6 is 11.3 Å². The van der Waals surface area contributed by atoms with Crippen LogP contribution < -0.4 is 0 Å². The Morgan fingerprint density at radius 2 is 1.15 bits per heavy atom. The van der Waals surface area contributed by atoms with Crippen molar-refractivity contribution in [1.82, 2.24) is 18.9 Å². The van der Waals surface area contributed by atoms with Crippen LogP contribution in [-0.2, 0) is 0 Å².